The van der Waals surface area contributed by atoms with E-state index >= 15 is 0 Å². The van der Waals surface area contributed by atoms with Crippen molar-refractivity contribution >= 4 is 17.3 Å². The second-order valence-electron chi connectivity index (χ2n) is 7.16. The number of rotatable bonds is 4. The van der Waals surface area contributed by atoms with Gasteiger partial charge in [-0.3, -0.25) is 14.9 Å². The van der Waals surface area contributed by atoms with Crippen LogP contribution in [0.2, 0.25) is 0 Å². The lowest BCUT2D eigenvalue weighted by Gasteiger charge is -2.09. The molecular formula is C21H21N5O3. The molecule has 1 aliphatic heterocycles. The Labute approximate surface area is 167 Å². The molecule has 2 aromatic carbocycles. The maximum atomic E-state index is 12.6. The molecule has 0 spiro atoms. The van der Waals surface area contributed by atoms with Crippen LogP contribution in [-0.4, -0.2) is 25.6 Å². The summed E-state index contributed by atoms with van der Waals surface area (Å²) in [6.07, 6.45) is 4.38. The van der Waals surface area contributed by atoms with E-state index in [1.54, 1.807) is 31.2 Å². The van der Waals surface area contributed by atoms with Crippen LogP contribution in [0.3, 0.4) is 0 Å². The predicted octanol–water partition coefficient (Wildman–Crippen LogP) is 4.14. The molecule has 1 N–H and O–H groups in total. The number of nitro benzene ring substituents is 1. The molecule has 0 radical (unpaired) electrons. The number of carbonyl (C=O) groups excluding carboxylic acids is 1. The molecule has 0 aliphatic carbocycles. The number of benzene rings is 2. The summed E-state index contributed by atoms with van der Waals surface area (Å²) in [7, 11) is 0. The Hall–Kier alpha value is -3.55. The van der Waals surface area contributed by atoms with Gasteiger partial charge in [-0.25, -0.2) is 0 Å². The number of hydrogen-bond donors (Lipinski definition) is 1. The molecule has 3 aromatic rings. The third kappa shape index (κ3) is 3.73. The van der Waals surface area contributed by atoms with Crippen LogP contribution >= 0.6 is 0 Å². The van der Waals surface area contributed by atoms with E-state index in [2.05, 4.69) is 20.1 Å². The molecule has 1 aliphatic rings. The topological polar surface area (TPSA) is 103 Å². The normalized spacial score (nSPS) is 13.4. The van der Waals surface area contributed by atoms with Crippen molar-refractivity contribution in [1.29, 1.82) is 0 Å². The second kappa shape index (κ2) is 7.83. The molecule has 2 heterocycles. The van der Waals surface area contributed by atoms with Crippen molar-refractivity contribution in [3.63, 3.8) is 0 Å². The zero-order valence-electron chi connectivity index (χ0n) is 16.1. The third-order valence-corrected chi connectivity index (χ3v) is 5.18. The van der Waals surface area contributed by atoms with Gasteiger partial charge in [0.25, 0.3) is 11.6 Å². The fraction of sp³-hybridized carbons (Fsp3) is 0.286. The minimum Gasteiger partial charge on any atom is -0.322 e. The van der Waals surface area contributed by atoms with Gasteiger partial charge in [0.05, 0.1) is 4.92 Å². The van der Waals surface area contributed by atoms with Gasteiger partial charge in [-0.1, -0.05) is 18.6 Å². The highest BCUT2D eigenvalue weighted by Gasteiger charge is 2.22. The standard InChI is InChI=1S/C21H21N5O3/c1-14-6-5-7-17(19(14)26(28)29)21(27)22-16-11-9-15(10-12-16)20-24-23-18-8-3-2-4-13-25(18)20/h5-7,9-12H,2-4,8,13H2,1H3,(H,22,27). The molecular weight excluding hydrogens is 370 g/mol. The molecule has 0 fully saturated rings. The first-order chi connectivity index (χ1) is 14.0. The first kappa shape index (κ1) is 18.8. The second-order valence-corrected chi connectivity index (χ2v) is 7.16. The number of aryl methyl sites for hydroxylation is 2. The lowest BCUT2D eigenvalue weighted by Crippen LogP contribution is -2.14. The van der Waals surface area contributed by atoms with Gasteiger partial charge in [0, 0.05) is 29.8 Å². The summed E-state index contributed by atoms with van der Waals surface area (Å²) in [5, 5.41) is 22.7. The van der Waals surface area contributed by atoms with Crippen molar-refractivity contribution < 1.29 is 9.72 Å². The Kier molecular flexibility index (Phi) is 5.07. The molecule has 4 rings (SSSR count). The summed E-state index contributed by atoms with van der Waals surface area (Å²) in [6, 6.07) is 12.0. The summed E-state index contributed by atoms with van der Waals surface area (Å²) >= 11 is 0. The lowest BCUT2D eigenvalue weighted by atomic mass is 10.1. The number of nitrogens with one attached hydrogen (secondary N) is 1. The van der Waals surface area contributed by atoms with Crippen LogP contribution in [0, 0.1) is 17.0 Å². The smallest absolute Gasteiger partial charge is 0.285 e. The fourth-order valence-electron chi connectivity index (χ4n) is 3.68. The molecule has 0 bridgehead atoms. The summed E-state index contributed by atoms with van der Waals surface area (Å²) in [5.41, 5.74) is 1.80. The van der Waals surface area contributed by atoms with Gasteiger partial charge in [0.1, 0.15) is 11.4 Å². The highest BCUT2D eigenvalue weighted by molar-refractivity contribution is 6.07. The summed E-state index contributed by atoms with van der Waals surface area (Å²) < 4.78 is 2.16. The highest BCUT2D eigenvalue weighted by atomic mass is 16.6. The number of nitro groups is 1. The molecule has 148 valence electrons. The quantitative estimate of drug-likeness (QED) is 0.532. The summed E-state index contributed by atoms with van der Waals surface area (Å²) in [5.74, 6) is 1.33. The Morgan fingerprint density at radius 3 is 2.66 bits per heavy atom. The van der Waals surface area contributed by atoms with Crippen LogP contribution in [-0.2, 0) is 13.0 Å². The average Bonchev–Trinajstić information content (AvgIpc) is 2.96. The zero-order chi connectivity index (χ0) is 20.4. The minimum absolute atomic E-state index is 0.0434. The molecule has 8 heteroatoms. The fourth-order valence-corrected chi connectivity index (χ4v) is 3.68. The van der Waals surface area contributed by atoms with Crippen molar-refractivity contribution in [3.8, 4) is 11.4 Å². The van der Waals surface area contributed by atoms with E-state index in [0.717, 1.165) is 43.0 Å². The number of aromatic nitrogens is 3. The van der Waals surface area contributed by atoms with Crippen LogP contribution < -0.4 is 5.32 Å². The van der Waals surface area contributed by atoms with Gasteiger partial charge >= 0.3 is 0 Å². The molecule has 0 saturated carbocycles. The molecule has 0 saturated heterocycles. The highest BCUT2D eigenvalue weighted by Crippen LogP contribution is 2.26. The van der Waals surface area contributed by atoms with Gasteiger partial charge in [-0.05, 0) is 50.1 Å². The maximum absolute atomic E-state index is 12.6. The van der Waals surface area contributed by atoms with Crippen molar-refractivity contribution in [3.05, 3.63) is 69.5 Å². The number of anilines is 1. The van der Waals surface area contributed by atoms with Gasteiger partial charge in [-0.2, -0.15) is 0 Å². The molecule has 0 unspecified atom stereocenters. The third-order valence-electron chi connectivity index (χ3n) is 5.18. The van der Waals surface area contributed by atoms with E-state index in [1.807, 2.05) is 12.1 Å². The van der Waals surface area contributed by atoms with Gasteiger partial charge < -0.3 is 9.88 Å². The van der Waals surface area contributed by atoms with Crippen molar-refractivity contribution in [1.82, 2.24) is 14.8 Å². The number of amides is 1. The van der Waals surface area contributed by atoms with E-state index in [-0.39, 0.29) is 11.3 Å². The Morgan fingerprint density at radius 2 is 1.90 bits per heavy atom. The largest absolute Gasteiger partial charge is 0.322 e. The van der Waals surface area contributed by atoms with Crippen molar-refractivity contribution in [2.24, 2.45) is 0 Å². The van der Waals surface area contributed by atoms with E-state index in [0.29, 0.717) is 11.3 Å². The first-order valence-electron chi connectivity index (χ1n) is 9.62. The van der Waals surface area contributed by atoms with E-state index < -0.39 is 10.8 Å². The Bertz CT molecular complexity index is 1070. The number of fused-ring (bicyclic) bond motifs is 1. The number of carbonyl (C=O) groups is 1. The zero-order valence-corrected chi connectivity index (χ0v) is 16.1. The SMILES string of the molecule is Cc1cccc(C(=O)Nc2ccc(-c3nnc4n3CCCCC4)cc2)c1[N+](=O)[O-]. The number of hydrogen-bond acceptors (Lipinski definition) is 5. The minimum atomic E-state index is -0.523. The number of nitrogens with zero attached hydrogens (tertiary/aromatic N) is 4. The van der Waals surface area contributed by atoms with E-state index in [1.165, 1.54) is 12.5 Å². The first-order valence-corrected chi connectivity index (χ1v) is 9.62. The molecule has 1 aromatic heterocycles. The lowest BCUT2D eigenvalue weighted by molar-refractivity contribution is -0.385. The van der Waals surface area contributed by atoms with E-state index in [4.69, 9.17) is 0 Å². The van der Waals surface area contributed by atoms with Crippen LogP contribution in [0.25, 0.3) is 11.4 Å². The molecule has 8 nitrogen and oxygen atoms in total. The Morgan fingerprint density at radius 1 is 1.10 bits per heavy atom. The van der Waals surface area contributed by atoms with Crippen LogP contribution in [0.5, 0.6) is 0 Å². The van der Waals surface area contributed by atoms with Gasteiger partial charge in [0.2, 0.25) is 0 Å². The van der Waals surface area contributed by atoms with Gasteiger partial charge in [0.15, 0.2) is 5.82 Å². The maximum Gasteiger partial charge on any atom is 0.285 e. The number of para-hydroxylation sites is 1. The average molecular weight is 391 g/mol. The summed E-state index contributed by atoms with van der Waals surface area (Å²) in [6.45, 7) is 2.53. The molecule has 1 amide bonds. The molecule has 29 heavy (non-hydrogen) atoms. The monoisotopic (exact) mass is 391 g/mol. The van der Waals surface area contributed by atoms with Crippen LogP contribution in [0.1, 0.15) is 41.0 Å². The van der Waals surface area contributed by atoms with Crippen molar-refractivity contribution in [2.75, 3.05) is 5.32 Å². The summed E-state index contributed by atoms with van der Waals surface area (Å²) in [4.78, 5) is 23.4. The Balaban J connectivity index is 1.56. The van der Waals surface area contributed by atoms with Crippen molar-refractivity contribution in [2.45, 2.75) is 39.2 Å². The molecule has 0 atom stereocenters. The van der Waals surface area contributed by atoms with Crippen LogP contribution in [0.15, 0.2) is 42.5 Å². The predicted molar refractivity (Wildman–Crippen MR) is 109 cm³/mol. The van der Waals surface area contributed by atoms with E-state index in [9.17, 15) is 14.9 Å². The van der Waals surface area contributed by atoms with Gasteiger partial charge in [-0.15, -0.1) is 10.2 Å². The van der Waals surface area contributed by atoms with Crippen LogP contribution in [0.4, 0.5) is 11.4 Å².